The van der Waals surface area contributed by atoms with Crippen LogP contribution < -0.4 is 5.32 Å². The predicted octanol–water partition coefficient (Wildman–Crippen LogP) is 2.01. The van der Waals surface area contributed by atoms with Crippen LogP contribution in [0.15, 0.2) is 42.7 Å². The first-order valence-corrected chi connectivity index (χ1v) is 4.95. The molecular weight excluding hydrogens is 188 g/mol. The number of hydrogen-bond acceptors (Lipinski definition) is 2. The van der Waals surface area contributed by atoms with E-state index in [0.29, 0.717) is 5.75 Å². The molecule has 3 heteroatoms. The lowest BCUT2D eigenvalue weighted by Gasteiger charge is -2.03. The summed E-state index contributed by atoms with van der Waals surface area (Å²) in [5.74, 6) is 0.316. The van der Waals surface area contributed by atoms with Crippen LogP contribution >= 0.6 is 0 Å². The molecule has 2 aromatic rings. The van der Waals surface area contributed by atoms with Crippen LogP contribution in [0.2, 0.25) is 0 Å². The van der Waals surface area contributed by atoms with Crippen molar-refractivity contribution in [2.75, 3.05) is 0 Å². The molecule has 0 bridgehead atoms. The molecule has 0 aliphatic carbocycles. The Balaban J connectivity index is 1.83. The molecule has 0 amide bonds. The Bertz CT molecular complexity index is 409. The second kappa shape index (κ2) is 4.66. The Morgan fingerprint density at radius 3 is 2.73 bits per heavy atom. The monoisotopic (exact) mass is 202 g/mol. The molecule has 0 atom stereocenters. The first-order chi connectivity index (χ1) is 7.34. The van der Waals surface area contributed by atoms with Crippen molar-refractivity contribution in [3.05, 3.63) is 53.9 Å². The van der Waals surface area contributed by atoms with Crippen molar-refractivity contribution in [1.29, 1.82) is 0 Å². The first kappa shape index (κ1) is 9.80. The molecule has 2 rings (SSSR count). The standard InChI is InChI=1S/C12H14N2O/c15-12-3-1-2-10(6-12)7-14-9-11-4-5-13-8-11/h1-6,8,13-15H,7,9H2. The number of aromatic hydroxyl groups is 1. The molecule has 0 radical (unpaired) electrons. The van der Waals surface area contributed by atoms with E-state index in [1.54, 1.807) is 12.1 Å². The minimum atomic E-state index is 0.316. The maximum absolute atomic E-state index is 9.26. The number of benzene rings is 1. The summed E-state index contributed by atoms with van der Waals surface area (Å²) in [4.78, 5) is 3.01. The molecule has 1 aromatic carbocycles. The van der Waals surface area contributed by atoms with Crippen molar-refractivity contribution in [3.8, 4) is 5.75 Å². The quantitative estimate of drug-likeness (QED) is 0.710. The maximum Gasteiger partial charge on any atom is 0.115 e. The van der Waals surface area contributed by atoms with Crippen LogP contribution in [0.1, 0.15) is 11.1 Å². The Hall–Kier alpha value is -1.74. The lowest BCUT2D eigenvalue weighted by atomic mass is 10.2. The third-order valence-electron chi connectivity index (χ3n) is 2.23. The van der Waals surface area contributed by atoms with Gasteiger partial charge in [0.05, 0.1) is 0 Å². The fraction of sp³-hybridized carbons (Fsp3) is 0.167. The molecule has 78 valence electrons. The van der Waals surface area contributed by atoms with Gasteiger partial charge in [-0.2, -0.15) is 0 Å². The van der Waals surface area contributed by atoms with Crippen molar-refractivity contribution >= 4 is 0 Å². The van der Waals surface area contributed by atoms with Crippen molar-refractivity contribution in [1.82, 2.24) is 10.3 Å². The van der Waals surface area contributed by atoms with Crippen LogP contribution in [0.5, 0.6) is 5.75 Å². The molecule has 0 aliphatic rings. The lowest BCUT2D eigenvalue weighted by molar-refractivity contribution is 0.474. The zero-order chi connectivity index (χ0) is 10.5. The summed E-state index contributed by atoms with van der Waals surface area (Å²) in [7, 11) is 0. The minimum Gasteiger partial charge on any atom is -0.508 e. The summed E-state index contributed by atoms with van der Waals surface area (Å²) in [5.41, 5.74) is 2.32. The van der Waals surface area contributed by atoms with Crippen molar-refractivity contribution < 1.29 is 5.11 Å². The molecule has 0 fully saturated rings. The molecule has 0 saturated carbocycles. The molecule has 0 saturated heterocycles. The summed E-state index contributed by atoms with van der Waals surface area (Å²) >= 11 is 0. The Morgan fingerprint density at radius 1 is 1.13 bits per heavy atom. The van der Waals surface area contributed by atoms with E-state index in [4.69, 9.17) is 0 Å². The average Bonchev–Trinajstić information content (AvgIpc) is 2.71. The van der Waals surface area contributed by atoms with Crippen molar-refractivity contribution in [2.24, 2.45) is 0 Å². The van der Waals surface area contributed by atoms with E-state index in [2.05, 4.69) is 10.3 Å². The highest BCUT2D eigenvalue weighted by atomic mass is 16.3. The number of H-pyrrole nitrogens is 1. The van der Waals surface area contributed by atoms with Crippen LogP contribution in [0.25, 0.3) is 0 Å². The summed E-state index contributed by atoms with van der Waals surface area (Å²) in [6, 6.07) is 9.32. The lowest BCUT2D eigenvalue weighted by Crippen LogP contribution is -2.11. The van der Waals surface area contributed by atoms with Gasteiger partial charge >= 0.3 is 0 Å². The summed E-state index contributed by atoms with van der Waals surface area (Å²) < 4.78 is 0. The molecule has 3 N–H and O–H groups in total. The van der Waals surface area contributed by atoms with E-state index in [1.165, 1.54) is 5.56 Å². The summed E-state index contributed by atoms with van der Waals surface area (Å²) in [6.45, 7) is 1.60. The van der Waals surface area contributed by atoms with Crippen molar-refractivity contribution in [2.45, 2.75) is 13.1 Å². The number of nitrogens with one attached hydrogen (secondary N) is 2. The number of rotatable bonds is 4. The van der Waals surface area contributed by atoms with Gasteiger partial charge < -0.3 is 15.4 Å². The molecule has 0 spiro atoms. The average molecular weight is 202 g/mol. The van der Waals surface area contributed by atoms with Crippen LogP contribution in [0.3, 0.4) is 0 Å². The highest BCUT2D eigenvalue weighted by Crippen LogP contribution is 2.10. The zero-order valence-corrected chi connectivity index (χ0v) is 8.40. The maximum atomic E-state index is 9.26. The van der Waals surface area contributed by atoms with Gasteiger partial charge in [-0.1, -0.05) is 12.1 Å². The normalized spacial score (nSPS) is 10.4. The van der Waals surface area contributed by atoms with E-state index < -0.39 is 0 Å². The molecule has 3 nitrogen and oxygen atoms in total. The second-order valence-electron chi connectivity index (χ2n) is 3.49. The minimum absolute atomic E-state index is 0.316. The number of phenolic OH excluding ortho intramolecular Hbond substituents is 1. The SMILES string of the molecule is Oc1cccc(CNCc2cc[nH]c2)c1. The van der Waals surface area contributed by atoms with Gasteiger partial charge in [0, 0.05) is 25.5 Å². The summed E-state index contributed by atoms with van der Waals surface area (Å²) in [5, 5.41) is 12.6. The second-order valence-corrected chi connectivity index (χ2v) is 3.49. The van der Waals surface area contributed by atoms with E-state index in [9.17, 15) is 5.11 Å². The molecule has 1 heterocycles. The Labute approximate surface area is 88.8 Å². The molecule has 15 heavy (non-hydrogen) atoms. The third-order valence-corrected chi connectivity index (χ3v) is 2.23. The predicted molar refractivity (Wildman–Crippen MR) is 59.4 cm³/mol. The highest BCUT2D eigenvalue weighted by molar-refractivity contribution is 5.27. The van der Waals surface area contributed by atoms with Gasteiger partial charge in [0.25, 0.3) is 0 Å². The molecule has 1 aromatic heterocycles. The zero-order valence-electron chi connectivity index (χ0n) is 8.40. The molecular formula is C12H14N2O. The van der Waals surface area contributed by atoms with Crippen LogP contribution in [0, 0.1) is 0 Å². The van der Waals surface area contributed by atoms with Gasteiger partial charge in [-0.25, -0.2) is 0 Å². The van der Waals surface area contributed by atoms with Gasteiger partial charge in [0.2, 0.25) is 0 Å². The van der Waals surface area contributed by atoms with Gasteiger partial charge in [-0.15, -0.1) is 0 Å². The summed E-state index contributed by atoms with van der Waals surface area (Å²) in [6.07, 6.45) is 3.88. The van der Waals surface area contributed by atoms with Gasteiger partial charge in [-0.3, -0.25) is 0 Å². The molecule has 0 unspecified atom stereocenters. The topological polar surface area (TPSA) is 48.0 Å². The Morgan fingerprint density at radius 2 is 2.00 bits per heavy atom. The van der Waals surface area contributed by atoms with E-state index in [-0.39, 0.29) is 0 Å². The van der Waals surface area contributed by atoms with Crippen LogP contribution in [0.4, 0.5) is 0 Å². The number of phenols is 1. The Kier molecular flexibility index (Phi) is 3.05. The van der Waals surface area contributed by atoms with Gasteiger partial charge in [0.15, 0.2) is 0 Å². The van der Waals surface area contributed by atoms with E-state index in [1.807, 2.05) is 30.6 Å². The number of aromatic amines is 1. The van der Waals surface area contributed by atoms with Gasteiger partial charge in [-0.05, 0) is 29.3 Å². The van der Waals surface area contributed by atoms with Crippen LogP contribution in [-0.2, 0) is 13.1 Å². The fourth-order valence-electron chi connectivity index (χ4n) is 1.49. The van der Waals surface area contributed by atoms with E-state index >= 15 is 0 Å². The largest absolute Gasteiger partial charge is 0.508 e. The van der Waals surface area contributed by atoms with E-state index in [0.717, 1.165) is 18.7 Å². The van der Waals surface area contributed by atoms with Crippen LogP contribution in [-0.4, -0.2) is 10.1 Å². The third kappa shape index (κ3) is 2.86. The smallest absolute Gasteiger partial charge is 0.115 e. The van der Waals surface area contributed by atoms with Crippen molar-refractivity contribution in [3.63, 3.8) is 0 Å². The first-order valence-electron chi connectivity index (χ1n) is 4.95. The number of hydrogen-bond donors (Lipinski definition) is 3. The molecule has 0 aliphatic heterocycles. The van der Waals surface area contributed by atoms with Gasteiger partial charge in [0.1, 0.15) is 5.75 Å². The number of aromatic nitrogens is 1. The fourth-order valence-corrected chi connectivity index (χ4v) is 1.49. The highest BCUT2D eigenvalue weighted by Gasteiger charge is 1.95.